The van der Waals surface area contributed by atoms with Crippen LogP contribution in [0, 0.1) is 5.92 Å². The zero-order chi connectivity index (χ0) is 9.56. The molecule has 0 fully saturated rings. The Balaban J connectivity index is 4.17. The molecule has 70 valence electrons. The van der Waals surface area contributed by atoms with E-state index in [-0.39, 0.29) is 11.9 Å². The molecule has 0 rings (SSSR count). The van der Waals surface area contributed by atoms with Gasteiger partial charge in [0.25, 0.3) is 0 Å². The Morgan fingerprint density at radius 3 is 2.42 bits per heavy atom. The fourth-order valence-corrected chi connectivity index (χ4v) is 1.06. The fourth-order valence-electron chi connectivity index (χ4n) is 1.06. The van der Waals surface area contributed by atoms with Crippen molar-refractivity contribution in [3.05, 3.63) is 0 Å². The summed E-state index contributed by atoms with van der Waals surface area (Å²) in [4.78, 5) is 15.2. The predicted molar refractivity (Wildman–Crippen MR) is 49.4 cm³/mol. The van der Waals surface area contributed by atoms with Crippen molar-refractivity contribution < 1.29 is 9.53 Å². The van der Waals surface area contributed by atoms with E-state index in [9.17, 15) is 4.79 Å². The molecule has 0 saturated heterocycles. The Morgan fingerprint density at radius 2 is 2.08 bits per heavy atom. The van der Waals surface area contributed by atoms with Crippen LogP contribution in [0.1, 0.15) is 27.2 Å². The summed E-state index contributed by atoms with van der Waals surface area (Å²) in [5.41, 5.74) is 0.897. The highest BCUT2D eigenvalue weighted by Crippen LogP contribution is 2.04. The molecule has 0 aliphatic carbocycles. The lowest BCUT2D eigenvalue weighted by Crippen LogP contribution is -2.22. The van der Waals surface area contributed by atoms with Gasteiger partial charge < -0.3 is 4.74 Å². The van der Waals surface area contributed by atoms with Crippen LogP contribution in [0.5, 0.6) is 0 Å². The first-order valence-electron chi connectivity index (χ1n) is 4.29. The lowest BCUT2D eigenvalue weighted by molar-refractivity contribution is -0.145. The van der Waals surface area contributed by atoms with Gasteiger partial charge in [0.1, 0.15) is 0 Å². The SMILES string of the molecule is CCOC(=O)C(C)C(CC)=NC. The van der Waals surface area contributed by atoms with Crippen molar-refractivity contribution in [2.45, 2.75) is 27.2 Å². The highest BCUT2D eigenvalue weighted by Gasteiger charge is 2.17. The van der Waals surface area contributed by atoms with Crippen LogP contribution >= 0.6 is 0 Å². The maximum atomic E-state index is 11.2. The molecular weight excluding hydrogens is 154 g/mol. The molecule has 0 radical (unpaired) electrons. The third-order valence-electron chi connectivity index (χ3n) is 1.79. The highest BCUT2D eigenvalue weighted by atomic mass is 16.5. The van der Waals surface area contributed by atoms with Gasteiger partial charge in [0.05, 0.1) is 12.5 Å². The molecule has 12 heavy (non-hydrogen) atoms. The Labute approximate surface area is 73.8 Å². The van der Waals surface area contributed by atoms with E-state index in [0.29, 0.717) is 6.61 Å². The number of carbonyl (C=O) groups excluding carboxylic acids is 1. The molecule has 0 heterocycles. The second-order valence-corrected chi connectivity index (χ2v) is 2.54. The van der Waals surface area contributed by atoms with Gasteiger partial charge in [0.2, 0.25) is 0 Å². The molecule has 0 saturated carbocycles. The van der Waals surface area contributed by atoms with Crippen molar-refractivity contribution in [1.82, 2.24) is 0 Å². The fraction of sp³-hybridized carbons (Fsp3) is 0.778. The van der Waals surface area contributed by atoms with Crippen LogP contribution in [0.4, 0.5) is 0 Å². The van der Waals surface area contributed by atoms with Crippen molar-refractivity contribution in [3.63, 3.8) is 0 Å². The third kappa shape index (κ3) is 3.03. The Morgan fingerprint density at radius 1 is 1.50 bits per heavy atom. The molecule has 0 aromatic heterocycles. The first-order valence-corrected chi connectivity index (χ1v) is 4.29. The van der Waals surface area contributed by atoms with Crippen molar-refractivity contribution in [3.8, 4) is 0 Å². The summed E-state index contributed by atoms with van der Waals surface area (Å²) in [6.07, 6.45) is 0.802. The molecule has 1 atom stereocenters. The Hall–Kier alpha value is -0.860. The monoisotopic (exact) mass is 171 g/mol. The molecule has 0 aliphatic heterocycles. The number of ether oxygens (including phenoxy) is 1. The van der Waals surface area contributed by atoms with Crippen LogP contribution in [0.3, 0.4) is 0 Å². The van der Waals surface area contributed by atoms with Crippen molar-refractivity contribution in [2.24, 2.45) is 10.9 Å². The molecule has 0 spiro atoms. The number of rotatable bonds is 4. The maximum Gasteiger partial charge on any atom is 0.314 e. The van der Waals surface area contributed by atoms with Crippen LogP contribution in [0.2, 0.25) is 0 Å². The van der Waals surface area contributed by atoms with Gasteiger partial charge >= 0.3 is 5.97 Å². The second-order valence-electron chi connectivity index (χ2n) is 2.54. The molecule has 3 nitrogen and oxygen atoms in total. The first-order chi connectivity index (χ1) is 5.67. The van der Waals surface area contributed by atoms with Crippen molar-refractivity contribution in [1.29, 1.82) is 0 Å². The topological polar surface area (TPSA) is 38.7 Å². The summed E-state index contributed by atoms with van der Waals surface area (Å²) in [5, 5.41) is 0. The normalized spacial score (nSPS) is 14.2. The number of esters is 1. The molecule has 0 aliphatic rings. The van der Waals surface area contributed by atoms with Crippen LogP contribution in [0.15, 0.2) is 4.99 Å². The minimum absolute atomic E-state index is 0.181. The van der Waals surface area contributed by atoms with Gasteiger partial charge in [-0.2, -0.15) is 0 Å². The zero-order valence-electron chi connectivity index (χ0n) is 8.26. The van der Waals surface area contributed by atoms with E-state index in [2.05, 4.69) is 4.99 Å². The van der Waals surface area contributed by atoms with Gasteiger partial charge in [-0.1, -0.05) is 6.92 Å². The quantitative estimate of drug-likeness (QED) is 0.476. The average Bonchev–Trinajstić information content (AvgIpc) is 2.07. The molecule has 0 N–H and O–H groups in total. The van der Waals surface area contributed by atoms with E-state index >= 15 is 0 Å². The number of carbonyl (C=O) groups is 1. The Bertz CT molecular complexity index is 175. The maximum absolute atomic E-state index is 11.2. The van der Waals surface area contributed by atoms with Gasteiger partial charge in [-0.15, -0.1) is 0 Å². The van der Waals surface area contributed by atoms with Gasteiger partial charge in [-0.3, -0.25) is 9.79 Å². The number of hydrogen-bond donors (Lipinski definition) is 0. The zero-order valence-corrected chi connectivity index (χ0v) is 8.26. The van der Waals surface area contributed by atoms with Crippen LogP contribution in [-0.2, 0) is 9.53 Å². The summed E-state index contributed by atoms with van der Waals surface area (Å²) < 4.78 is 4.87. The number of aliphatic imine (C=N–C) groups is 1. The minimum Gasteiger partial charge on any atom is -0.465 e. The van der Waals surface area contributed by atoms with Crippen molar-refractivity contribution >= 4 is 11.7 Å². The van der Waals surface area contributed by atoms with Crippen LogP contribution in [-0.4, -0.2) is 25.3 Å². The van der Waals surface area contributed by atoms with Crippen LogP contribution < -0.4 is 0 Å². The van der Waals surface area contributed by atoms with E-state index in [1.165, 1.54) is 0 Å². The van der Waals surface area contributed by atoms with Gasteiger partial charge in [0, 0.05) is 12.8 Å². The van der Waals surface area contributed by atoms with E-state index < -0.39 is 0 Å². The summed E-state index contributed by atoms with van der Waals surface area (Å²) in [6, 6.07) is 0. The number of nitrogens with zero attached hydrogens (tertiary/aromatic N) is 1. The van der Waals surface area contributed by atoms with E-state index in [1.54, 1.807) is 14.0 Å². The summed E-state index contributed by atoms with van der Waals surface area (Å²) in [7, 11) is 1.70. The molecule has 0 bridgehead atoms. The van der Waals surface area contributed by atoms with Crippen LogP contribution in [0.25, 0.3) is 0 Å². The predicted octanol–water partition coefficient (Wildman–Crippen LogP) is 1.67. The summed E-state index contributed by atoms with van der Waals surface area (Å²) >= 11 is 0. The van der Waals surface area contributed by atoms with E-state index in [4.69, 9.17) is 4.74 Å². The number of hydrogen-bond acceptors (Lipinski definition) is 3. The molecule has 0 aromatic rings. The third-order valence-corrected chi connectivity index (χ3v) is 1.79. The summed E-state index contributed by atoms with van der Waals surface area (Å²) in [6.45, 7) is 6.05. The van der Waals surface area contributed by atoms with Gasteiger partial charge in [0.15, 0.2) is 0 Å². The second kappa shape index (κ2) is 5.75. The lowest BCUT2D eigenvalue weighted by atomic mass is 10.0. The molecule has 0 aromatic carbocycles. The largest absolute Gasteiger partial charge is 0.465 e. The first kappa shape index (κ1) is 11.1. The molecule has 1 unspecified atom stereocenters. The standard InChI is InChI=1S/C9H17NO2/c1-5-8(10-4)7(3)9(11)12-6-2/h7H,5-6H2,1-4H3. The highest BCUT2D eigenvalue weighted by molar-refractivity contribution is 6.01. The smallest absolute Gasteiger partial charge is 0.314 e. The average molecular weight is 171 g/mol. The van der Waals surface area contributed by atoms with Crippen molar-refractivity contribution in [2.75, 3.05) is 13.7 Å². The summed E-state index contributed by atoms with van der Waals surface area (Å²) in [5.74, 6) is -0.375. The lowest BCUT2D eigenvalue weighted by Gasteiger charge is -2.10. The van der Waals surface area contributed by atoms with E-state index in [1.807, 2.05) is 13.8 Å². The van der Waals surface area contributed by atoms with E-state index in [0.717, 1.165) is 12.1 Å². The Kier molecular flexibility index (Phi) is 5.34. The molecule has 0 amide bonds. The molecule has 3 heteroatoms. The molecular formula is C9H17NO2. The van der Waals surface area contributed by atoms with Gasteiger partial charge in [-0.05, 0) is 20.3 Å². The minimum atomic E-state index is -0.194. The van der Waals surface area contributed by atoms with Gasteiger partial charge in [-0.25, -0.2) is 0 Å².